The standard InChI is InChI=1S/C19H19ClN4O4/c1-13(25)22-8-10-23(11-9-22)17-5-3-2-4-16(17)21-19(26)14-6-7-15(20)18(12-14)24(27)28/h2-7,12H,8-11H2,1H3,(H,21,26). The van der Waals surface area contributed by atoms with E-state index in [-0.39, 0.29) is 22.2 Å². The van der Waals surface area contributed by atoms with Gasteiger partial charge in [-0.15, -0.1) is 0 Å². The maximum Gasteiger partial charge on any atom is 0.288 e. The van der Waals surface area contributed by atoms with Crippen LogP contribution in [-0.4, -0.2) is 47.8 Å². The molecule has 1 saturated heterocycles. The van der Waals surface area contributed by atoms with Crippen LogP contribution in [0.4, 0.5) is 17.1 Å². The largest absolute Gasteiger partial charge is 0.366 e. The summed E-state index contributed by atoms with van der Waals surface area (Å²) in [4.78, 5) is 38.4. The quantitative estimate of drug-likeness (QED) is 0.626. The second kappa shape index (κ2) is 8.26. The van der Waals surface area contributed by atoms with Crippen LogP contribution < -0.4 is 10.2 Å². The smallest absolute Gasteiger partial charge is 0.288 e. The summed E-state index contributed by atoms with van der Waals surface area (Å²) in [6, 6.07) is 11.3. The van der Waals surface area contributed by atoms with Gasteiger partial charge in [-0.25, -0.2) is 0 Å². The highest BCUT2D eigenvalue weighted by Gasteiger charge is 2.22. The van der Waals surface area contributed by atoms with E-state index in [0.717, 1.165) is 11.8 Å². The third-order valence-electron chi connectivity index (χ3n) is 4.62. The number of benzene rings is 2. The van der Waals surface area contributed by atoms with E-state index in [0.29, 0.717) is 31.9 Å². The lowest BCUT2D eigenvalue weighted by Gasteiger charge is -2.36. The topological polar surface area (TPSA) is 95.8 Å². The normalized spacial score (nSPS) is 13.9. The summed E-state index contributed by atoms with van der Waals surface area (Å²) in [5.74, 6) is -0.417. The van der Waals surface area contributed by atoms with Crippen LogP contribution in [0.1, 0.15) is 17.3 Å². The molecule has 0 aromatic heterocycles. The molecule has 8 nitrogen and oxygen atoms in total. The molecule has 0 bridgehead atoms. The van der Waals surface area contributed by atoms with Gasteiger partial charge in [-0.3, -0.25) is 19.7 Å². The number of amides is 2. The Kier molecular flexibility index (Phi) is 5.79. The van der Waals surface area contributed by atoms with Crippen LogP contribution in [0, 0.1) is 10.1 Å². The van der Waals surface area contributed by atoms with E-state index in [2.05, 4.69) is 10.2 Å². The van der Waals surface area contributed by atoms with E-state index >= 15 is 0 Å². The number of para-hydroxylation sites is 2. The average molecular weight is 403 g/mol. The summed E-state index contributed by atoms with van der Waals surface area (Å²) in [5.41, 5.74) is 1.26. The number of anilines is 2. The fraction of sp³-hybridized carbons (Fsp3) is 0.263. The molecule has 0 atom stereocenters. The lowest BCUT2D eigenvalue weighted by molar-refractivity contribution is -0.384. The lowest BCUT2D eigenvalue weighted by atomic mass is 10.1. The summed E-state index contributed by atoms with van der Waals surface area (Å²) < 4.78 is 0. The van der Waals surface area contributed by atoms with E-state index in [1.165, 1.54) is 12.1 Å². The first-order valence-electron chi connectivity index (χ1n) is 8.71. The summed E-state index contributed by atoms with van der Waals surface area (Å²) in [5, 5.41) is 13.8. The number of nitrogens with one attached hydrogen (secondary N) is 1. The van der Waals surface area contributed by atoms with Gasteiger partial charge in [-0.1, -0.05) is 23.7 Å². The summed E-state index contributed by atoms with van der Waals surface area (Å²) in [6.45, 7) is 4.08. The van der Waals surface area contributed by atoms with Crippen molar-refractivity contribution in [3.63, 3.8) is 0 Å². The number of nitro groups is 1. The Hall–Kier alpha value is -3.13. The number of nitrogens with zero attached hydrogens (tertiary/aromatic N) is 3. The van der Waals surface area contributed by atoms with Gasteiger partial charge in [0.05, 0.1) is 16.3 Å². The highest BCUT2D eigenvalue weighted by Crippen LogP contribution is 2.29. The van der Waals surface area contributed by atoms with Gasteiger partial charge in [-0.2, -0.15) is 0 Å². The maximum atomic E-state index is 12.6. The summed E-state index contributed by atoms with van der Waals surface area (Å²) in [6.07, 6.45) is 0. The Labute approximate surface area is 166 Å². The van der Waals surface area contributed by atoms with Gasteiger partial charge in [-0.05, 0) is 24.3 Å². The fourth-order valence-electron chi connectivity index (χ4n) is 3.11. The van der Waals surface area contributed by atoms with E-state index in [1.54, 1.807) is 24.0 Å². The third-order valence-corrected chi connectivity index (χ3v) is 4.94. The van der Waals surface area contributed by atoms with Crippen molar-refractivity contribution in [3.8, 4) is 0 Å². The van der Waals surface area contributed by atoms with Gasteiger partial charge >= 0.3 is 0 Å². The Morgan fingerprint density at radius 1 is 1.11 bits per heavy atom. The van der Waals surface area contributed by atoms with Crippen molar-refractivity contribution in [3.05, 3.63) is 63.2 Å². The van der Waals surface area contributed by atoms with Crippen molar-refractivity contribution in [1.29, 1.82) is 0 Å². The Bertz CT molecular complexity index is 926. The molecule has 2 aromatic rings. The third kappa shape index (κ3) is 4.23. The van der Waals surface area contributed by atoms with Crippen molar-refractivity contribution in [2.24, 2.45) is 0 Å². The van der Waals surface area contributed by atoms with Crippen LogP contribution in [0.3, 0.4) is 0 Å². The molecule has 9 heteroatoms. The molecule has 0 spiro atoms. The minimum atomic E-state index is -0.623. The molecule has 2 amide bonds. The predicted octanol–water partition coefficient (Wildman–Crippen LogP) is 3.17. The van der Waals surface area contributed by atoms with Crippen LogP contribution in [0.2, 0.25) is 5.02 Å². The molecular formula is C19H19ClN4O4. The number of hydrogen-bond donors (Lipinski definition) is 1. The molecule has 28 heavy (non-hydrogen) atoms. The van der Waals surface area contributed by atoms with Crippen LogP contribution >= 0.6 is 11.6 Å². The number of rotatable bonds is 4. The zero-order valence-corrected chi connectivity index (χ0v) is 16.0. The molecule has 146 valence electrons. The first kappa shape index (κ1) is 19.6. The summed E-state index contributed by atoms with van der Waals surface area (Å²) >= 11 is 5.81. The maximum absolute atomic E-state index is 12.6. The van der Waals surface area contributed by atoms with Crippen molar-refractivity contribution >= 4 is 40.5 Å². The molecule has 0 saturated carbocycles. The van der Waals surface area contributed by atoms with Crippen LogP contribution in [-0.2, 0) is 4.79 Å². The lowest BCUT2D eigenvalue weighted by Crippen LogP contribution is -2.48. The fourth-order valence-corrected chi connectivity index (χ4v) is 3.29. The molecular weight excluding hydrogens is 384 g/mol. The van der Waals surface area contributed by atoms with Crippen LogP contribution in [0.5, 0.6) is 0 Å². The van der Waals surface area contributed by atoms with Gasteiger partial charge in [0, 0.05) is 44.7 Å². The average Bonchev–Trinajstić information content (AvgIpc) is 2.68. The number of piperazine rings is 1. The van der Waals surface area contributed by atoms with E-state index in [4.69, 9.17) is 11.6 Å². The van der Waals surface area contributed by atoms with E-state index < -0.39 is 10.8 Å². The molecule has 1 aliphatic heterocycles. The molecule has 1 heterocycles. The molecule has 3 rings (SSSR count). The second-order valence-corrected chi connectivity index (χ2v) is 6.79. The number of halogens is 1. The molecule has 0 aliphatic carbocycles. The van der Waals surface area contributed by atoms with Crippen molar-refractivity contribution < 1.29 is 14.5 Å². The highest BCUT2D eigenvalue weighted by atomic mass is 35.5. The molecule has 0 unspecified atom stereocenters. The van der Waals surface area contributed by atoms with Gasteiger partial charge in [0.2, 0.25) is 5.91 Å². The first-order valence-corrected chi connectivity index (χ1v) is 9.09. The zero-order valence-electron chi connectivity index (χ0n) is 15.2. The van der Waals surface area contributed by atoms with Crippen molar-refractivity contribution in [1.82, 2.24) is 4.90 Å². The first-order chi connectivity index (χ1) is 13.4. The van der Waals surface area contributed by atoms with Crippen LogP contribution in [0.15, 0.2) is 42.5 Å². The van der Waals surface area contributed by atoms with Gasteiger partial charge < -0.3 is 15.1 Å². The molecule has 1 fully saturated rings. The Balaban J connectivity index is 1.79. The van der Waals surface area contributed by atoms with Gasteiger partial charge in [0.1, 0.15) is 5.02 Å². The number of nitro benzene ring substituents is 1. The van der Waals surface area contributed by atoms with Crippen molar-refractivity contribution in [2.75, 3.05) is 36.4 Å². The molecule has 1 aliphatic rings. The van der Waals surface area contributed by atoms with Gasteiger partial charge in [0.15, 0.2) is 0 Å². The minimum absolute atomic E-state index is 0.0229. The van der Waals surface area contributed by atoms with E-state index in [1.807, 2.05) is 12.1 Å². The number of carbonyl (C=O) groups excluding carboxylic acids is 2. The summed E-state index contributed by atoms with van der Waals surface area (Å²) in [7, 11) is 0. The van der Waals surface area contributed by atoms with Gasteiger partial charge in [0.25, 0.3) is 11.6 Å². The Morgan fingerprint density at radius 3 is 2.43 bits per heavy atom. The zero-order chi connectivity index (χ0) is 20.3. The number of carbonyl (C=O) groups is 2. The minimum Gasteiger partial charge on any atom is -0.366 e. The highest BCUT2D eigenvalue weighted by molar-refractivity contribution is 6.32. The molecule has 2 aromatic carbocycles. The Morgan fingerprint density at radius 2 is 1.79 bits per heavy atom. The van der Waals surface area contributed by atoms with E-state index in [9.17, 15) is 19.7 Å². The van der Waals surface area contributed by atoms with Crippen LogP contribution in [0.25, 0.3) is 0 Å². The second-order valence-electron chi connectivity index (χ2n) is 6.39. The van der Waals surface area contributed by atoms with Crippen molar-refractivity contribution in [2.45, 2.75) is 6.92 Å². The molecule has 1 N–H and O–H groups in total. The monoisotopic (exact) mass is 402 g/mol. The number of hydrogen-bond acceptors (Lipinski definition) is 5. The SMILES string of the molecule is CC(=O)N1CCN(c2ccccc2NC(=O)c2ccc(Cl)c([N+](=O)[O-])c2)CC1. The molecule has 0 radical (unpaired) electrons. The predicted molar refractivity (Wildman–Crippen MR) is 107 cm³/mol.